The van der Waals surface area contributed by atoms with E-state index in [0.717, 1.165) is 0 Å². The van der Waals surface area contributed by atoms with Gasteiger partial charge in [0.2, 0.25) is 11.8 Å². The lowest BCUT2D eigenvalue weighted by molar-refractivity contribution is -0.126. The number of carbonyl (C=O) groups excluding carboxylic acids is 2. The Hall–Kier alpha value is -1.10. The molecule has 74 valence electrons. The van der Waals surface area contributed by atoms with Crippen molar-refractivity contribution in [2.24, 2.45) is 5.73 Å². The van der Waals surface area contributed by atoms with E-state index in [-0.39, 0.29) is 17.9 Å². The molecule has 1 atom stereocenters. The molecule has 1 saturated heterocycles. The number of rotatable bonds is 3. The number of piperazine rings is 1. The van der Waals surface area contributed by atoms with E-state index in [1.54, 1.807) is 0 Å². The predicted octanol–water partition coefficient (Wildman–Crippen LogP) is -1.32. The molecule has 0 spiro atoms. The van der Waals surface area contributed by atoms with E-state index in [1.807, 2.05) is 11.8 Å². The van der Waals surface area contributed by atoms with Crippen molar-refractivity contribution in [2.45, 2.75) is 19.4 Å². The van der Waals surface area contributed by atoms with Crippen LogP contribution in [0, 0.1) is 0 Å². The summed E-state index contributed by atoms with van der Waals surface area (Å²) in [6, 6.07) is 0.289. The van der Waals surface area contributed by atoms with Crippen LogP contribution in [0.25, 0.3) is 0 Å². The molecular formula is C8H15N3O2. The summed E-state index contributed by atoms with van der Waals surface area (Å²) < 4.78 is 0. The topological polar surface area (TPSA) is 75.4 Å². The van der Waals surface area contributed by atoms with Crippen LogP contribution in [0.4, 0.5) is 0 Å². The van der Waals surface area contributed by atoms with Gasteiger partial charge in [0.25, 0.3) is 0 Å². The number of hydrogen-bond acceptors (Lipinski definition) is 3. The zero-order chi connectivity index (χ0) is 9.84. The van der Waals surface area contributed by atoms with E-state index in [0.29, 0.717) is 26.1 Å². The molecule has 5 nitrogen and oxygen atoms in total. The molecule has 1 fully saturated rings. The van der Waals surface area contributed by atoms with Gasteiger partial charge in [-0.2, -0.15) is 0 Å². The van der Waals surface area contributed by atoms with E-state index in [1.165, 1.54) is 0 Å². The van der Waals surface area contributed by atoms with Crippen molar-refractivity contribution in [1.82, 2.24) is 10.2 Å². The van der Waals surface area contributed by atoms with Crippen LogP contribution >= 0.6 is 0 Å². The molecule has 0 radical (unpaired) electrons. The summed E-state index contributed by atoms with van der Waals surface area (Å²) in [6.07, 6.45) is 0.317. The smallest absolute Gasteiger partial charge is 0.234 e. The number of carbonyl (C=O) groups is 2. The third-order valence-corrected chi connectivity index (χ3v) is 2.21. The highest BCUT2D eigenvalue weighted by Gasteiger charge is 2.22. The molecular weight excluding hydrogens is 170 g/mol. The van der Waals surface area contributed by atoms with Gasteiger partial charge in [0, 0.05) is 25.6 Å². The van der Waals surface area contributed by atoms with Crippen LogP contribution in [-0.2, 0) is 9.59 Å². The fraction of sp³-hybridized carbons (Fsp3) is 0.750. The summed E-state index contributed by atoms with van der Waals surface area (Å²) in [5, 5.41) is 2.75. The third kappa shape index (κ3) is 3.02. The minimum Gasteiger partial charge on any atom is -0.370 e. The Morgan fingerprint density at radius 3 is 3.08 bits per heavy atom. The first-order valence-electron chi connectivity index (χ1n) is 4.38. The summed E-state index contributed by atoms with van der Waals surface area (Å²) in [4.78, 5) is 23.5. The highest BCUT2D eigenvalue weighted by Crippen LogP contribution is 2.03. The highest BCUT2D eigenvalue weighted by atomic mass is 16.2. The van der Waals surface area contributed by atoms with Crippen LogP contribution in [0.2, 0.25) is 0 Å². The van der Waals surface area contributed by atoms with Crippen molar-refractivity contribution < 1.29 is 9.59 Å². The Labute approximate surface area is 77.3 Å². The SMILES string of the molecule is CC1CNC(=O)CN1CCC(N)=O. The summed E-state index contributed by atoms with van der Waals surface area (Å²) >= 11 is 0. The molecule has 1 heterocycles. The summed E-state index contributed by atoms with van der Waals surface area (Å²) in [7, 11) is 0. The molecule has 2 amide bonds. The summed E-state index contributed by atoms with van der Waals surface area (Å²) in [5.41, 5.74) is 5.02. The summed E-state index contributed by atoms with van der Waals surface area (Å²) in [5.74, 6) is -0.305. The second-order valence-electron chi connectivity index (χ2n) is 3.34. The van der Waals surface area contributed by atoms with E-state index in [4.69, 9.17) is 5.73 Å². The highest BCUT2D eigenvalue weighted by molar-refractivity contribution is 5.79. The first kappa shape index (κ1) is 9.98. The van der Waals surface area contributed by atoms with Gasteiger partial charge in [0.15, 0.2) is 0 Å². The van der Waals surface area contributed by atoms with E-state index >= 15 is 0 Å². The second-order valence-corrected chi connectivity index (χ2v) is 3.34. The average Bonchev–Trinajstić information content (AvgIpc) is 2.06. The first-order chi connectivity index (χ1) is 6.09. The molecule has 13 heavy (non-hydrogen) atoms. The third-order valence-electron chi connectivity index (χ3n) is 2.21. The van der Waals surface area contributed by atoms with Crippen molar-refractivity contribution in [2.75, 3.05) is 19.6 Å². The monoisotopic (exact) mass is 185 g/mol. The van der Waals surface area contributed by atoms with Crippen molar-refractivity contribution >= 4 is 11.8 Å². The Kier molecular flexibility index (Phi) is 3.25. The van der Waals surface area contributed by atoms with Gasteiger partial charge < -0.3 is 11.1 Å². The van der Waals surface area contributed by atoms with Crippen molar-refractivity contribution in [3.05, 3.63) is 0 Å². The average molecular weight is 185 g/mol. The summed E-state index contributed by atoms with van der Waals surface area (Å²) in [6.45, 7) is 3.61. The normalized spacial score (nSPS) is 24.1. The molecule has 1 unspecified atom stereocenters. The maximum absolute atomic E-state index is 11.0. The number of nitrogens with one attached hydrogen (secondary N) is 1. The van der Waals surface area contributed by atoms with Crippen LogP contribution in [0.3, 0.4) is 0 Å². The van der Waals surface area contributed by atoms with Crippen molar-refractivity contribution in [3.63, 3.8) is 0 Å². The lowest BCUT2D eigenvalue weighted by Gasteiger charge is -2.32. The molecule has 1 rings (SSSR count). The fourth-order valence-electron chi connectivity index (χ4n) is 1.34. The molecule has 1 aliphatic rings. The Balaban J connectivity index is 2.37. The molecule has 0 aromatic carbocycles. The number of hydrogen-bond donors (Lipinski definition) is 2. The van der Waals surface area contributed by atoms with Gasteiger partial charge in [-0.15, -0.1) is 0 Å². The van der Waals surface area contributed by atoms with Gasteiger partial charge in [0.1, 0.15) is 0 Å². The largest absolute Gasteiger partial charge is 0.370 e. The molecule has 0 aliphatic carbocycles. The lowest BCUT2D eigenvalue weighted by atomic mass is 10.2. The van der Waals surface area contributed by atoms with Crippen molar-refractivity contribution in [3.8, 4) is 0 Å². The van der Waals surface area contributed by atoms with Crippen LogP contribution in [0.1, 0.15) is 13.3 Å². The zero-order valence-electron chi connectivity index (χ0n) is 7.75. The first-order valence-corrected chi connectivity index (χ1v) is 4.38. The van der Waals surface area contributed by atoms with Gasteiger partial charge in [-0.25, -0.2) is 0 Å². The Morgan fingerprint density at radius 1 is 1.77 bits per heavy atom. The molecule has 1 aliphatic heterocycles. The van der Waals surface area contributed by atoms with Gasteiger partial charge in [-0.05, 0) is 6.92 Å². The molecule has 3 N–H and O–H groups in total. The van der Waals surface area contributed by atoms with E-state index in [9.17, 15) is 9.59 Å². The lowest BCUT2D eigenvalue weighted by Crippen LogP contribution is -2.53. The van der Waals surface area contributed by atoms with Crippen LogP contribution < -0.4 is 11.1 Å². The van der Waals surface area contributed by atoms with Gasteiger partial charge in [0.05, 0.1) is 6.54 Å². The second kappa shape index (κ2) is 4.23. The van der Waals surface area contributed by atoms with Gasteiger partial charge in [-0.3, -0.25) is 14.5 Å². The molecule has 0 aromatic heterocycles. The predicted molar refractivity (Wildman–Crippen MR) is 47.9 cm³/mol. The number of nitrogens with two attached hydrogens (primary N) is 1. The van der Waals surface area contributed by atoms with Crippen LogP contribution in [-0.4, -0.2) is 42.4 Å². The Bertz CT molecular complexity index is 217. The maximum Gasteiger partial charge on any atom is 0.234 e. The molecule has 0 bridgehead atoms. The van der Waals surface area contributed by atoms with Gasteiger partial charge in [-0.1, -0.05) is 0 Å². The molecule has 0 aromatic rings. The number of primary amides is 1. The van der Waals surface area contributed by atoms with E-state index in [2.05, 4.69) is 5.32 Å². The van der Waals surface area contributed by atoms with Crippen molar-refractivity contribution in [1.29, 1.82) is 0 Å². The minimum absolute atomic E-state index is 0.0163. The quantitative estimate of drug-likeness (QED) is 0.572. The number of nitrogens with zero attached hydrogens (tertiary/aromatic N) is 1. The molecule has 5 heteroatoms. The minimum atomic E-state index is -0.321. The van der Waals surface area contributed by atoms with E-state index < -0.39 is 0 Å². The number of amides is 2. The molecule has 0 saturated carbocycles. The van der Waals surface area contributed by atoms with Crippen LogP contribution in [0.5, 0.6) is 0 Å². The van der Waals surface area contributed by atoms with Crippen LogP contribution in [0.15, 0.2) is 0 Å². The standard InChI is InChI=1S/C8H15N3O2/c1-6-4-10-8(13)5-11(6)3-2-7(9)12/h6H,2-5H2,1H3,(H2,9,12)(H,10,13). The van der Waals surface area contributed by atoms with Gasteiger partial charge >= 0.3 is 0 Å². The fourth-order valence-corrected chi connectivity index (χ4v) is 1.34. The Morgan fingerprint density at radius 2 is 2.46 bits per heavy atom. The zero-order valence-corrected chi connectivity index (χ0v) is 7.75. The maximum atomic E-state index is 11.0.